The fourth-order valence-corrected chi connectivity index (χ4v) is 4.57. The lowest BCUT2D eigenvalue weighted by atomic mass is 10.00. The monoisotopic (exact) mass is 311 g/mol. The molecule has 1 saturated carbocycles. The Kier molecular flexibility index (Phi) is 4.10. The average molecular weight is 311 g/mol. The van der Waals surface area contributed by atoms with Crippen LogP contribution in [0.25, 0.3) is 0 Å². The highest BCUT2D eigenvalue weighted by atomic mass is 32.2. The fraction of sp³-hybridized carbons (Fsp3) is 0.786. The number of carbonyl (C=O) groups excluding carboxylic acids is 3. The second-order valence-electron chi connectivity index (χ2n) is 6.04. The maximum Gasteiger partial charge on any atom is 0.246 e. The number of hydrogen-bond donors (Lipinski definition) is 1. The van der Waals surface area contributed by atoms with Crippen molar-refractivity contribution in [2.75, 3.05) is 18.2 Å². The third-order valence-electron chi connectivity index (χ3n) is 4.79. The molecule has 3 aliphatic rings. The molecule has 0 aromatic heterocycles. The predicted molar refractivity (Wildman–Crippen MR) is 79.2 cm³/mol. The van der Waals surface area contributed by atoms with Crippen molar-refractivity contribution in [2.24, 2.45) is 11.7 Å². The van der Waals surface area contributed by atoms with Crippen molar-refractivity contribution < 1.29 is 14.4 Å². The molecular weight excluding hydrogens is 290 g/mol. The standard InChI is InChI=1S/C14H21N3O3S/c15-12(18)10-5-6-16(10)14(20)11-7-21-8-17(11)13(19)9-3-1-2-4-9/h9-11H,1-8H2,(H2,15,18)/t10?,11-/m0/s1. The zero-order chi connectivity index (χ0) is 15.0. The molecule has 1 unspecified atom stereocenters. The largest absolute Gasteiger partial charge is 0.368 e. The van der Waals surface area contributed by atoms with E-state index in [-0.39, 0.29) is 17.7 Å². The molecule has 2 saturated heterocycles. The van der Waals surface area contributed by atoms with Gasteiger partial charge in [-0.15, -0.1) is 11.8 Å². The van der Waals surface area contributed by atoms with Gasteiger partial charge in [-0.3, -0.25) is 14.4 Å². The second-order valence-corrected chi connectivity index (χ2v) is 7.04. The van der Waals surface area contributed by atoms with Gasteiger partial charge >= 0.3 is 0 Å². The highest BCUT2D eigenvalue weighted by Gasteiger charge is 2.44. The molecule has 6 nitrogen and oxygen atoms in total. The van der Waals surface area contributed by atoms with Crippen molar-refractivity contribution in [3.05, 3.63) is 0 Å². The van der Waals surface area contributed by atoms with Gasteiger partial charge in [0.1, 0.15) is 12.1 Å². The number of hydrogen-bond acceptors (Lipinski definition) is 4. The number of nitrogens with zero attached hydrogens (tertiary/aromatic N) is 2. The van der Waals surface area contributed by atoms with E-state index in [0.29, 0.717) is 24.6 Å². The molecule has 3 amide bonds. The van der Waals surface area contributed by atoms with Crippen molar-refractivity contribution in [3.63, 3.8) is 0 Å². The quantitative estimate of drug-likeness (QED) is 0.805. The SMILES string of the molecule is NC(=O)C1CCN1C(=O)[C@@H]1CSCN1C(=O)C1CCCC1. The Bertz CT molecular complexity index is 464. The lowest BCUT2D eigenvalue weighted by Gasteiger charge is -2.41. The Hall–Kier alpha value is -1.24. The van der Waals surface area contributed by atoms with E-state index in [1.54, 1.807) is 16.7 Å². The number of thioether (sulfide) groups is 1. The molecule has 116 valence electrons. The van der Waals surface area contributed by atoms with E-state index < -0.39 is 18.0 Å². The van der Waals surface area contributed by atoms with Crippen molar-refractivity contribution in [1.82, 2.24) is 9.80 Å². The molecule has 3 fully saturated rings. The smallest absolute Gasteiger partial charge is 0.246 e. The first-order valence-corrected chi connectivity index (χ1v) is 8.73. The summed E-state index contributed by atoms with van der Waals surface area (Å²) in [5, 5.41) is 0. The molecule has 2 aliphatic heterocycles. The van der Waals surface area contributed by atoms with Crippen LogP contribution in [0.5, 0.6) is 0 Å². The summed E-state index contributed by atoms with van der Waals surface area (Å²) in [6, 6.07) is -0.892. The van der Waals surface area contributed by atoms with Gasteiger partial charge in [-0.25, -0.2) is 0 Å². The van der Waals surface area contributed by atoms with E-state index >= 15 is 0 Å². The molecule has 0 aromatic carbocycles. The van der Waals surface area contributed by atoms with Gasteiger partial charge in [0.25, 0.3) is 0 Å². The Morgan fingerprint density at radius 3 is 2.24 bits per heavy atom. The number of likely N-dealkylation sites (tertiary alicyclic amines) is 1. The van der Waals surface area contributed by atoms with Gasteiger partial charge in [0.2, 0.25) is 17.7 Å². The maximum absolute atomic E-state index is 12.6. The first-order chi connectivity index (χ1) is 10.1. The molecule has 0 spiro atoms. The van der Waals surface area contributed by atoms with Crippen LogP contribution >= 0.6 is 11.8 Å². The van der Waals surface area contributed by atoms with Gasteiger partial charge < -0.3 is 15.5 Å². The van der Waals surface area contributed by atoms with E-state index in [4.69, 9.17) is 5.73 Å². The Morgan fingerprint density at radius 2 is 1.67 bits per heavy atom. The molecule has 21 heavy (non-hydrogen) atoms. The van der Waals surface area contributed by atoms with Crippen LogP contribution in [-0.2, 0) is 14.4 Å². The lowest BCUT2D eigenvalue weighted by Crippen LogP contribution is -2.62. The number of amides is 3. The van der Waals surface area contributed by atoms with Crippen LogP contribution in [0.1, 0.15) is 32.1 Å². The third-order valence-corrected chi connectivity index (χ3v) is 5.80. The highest BCUT2D eigenvalue weighted by Crippen LogP contribution is 2.32. The molecule has 2 atom stereocenters. The van der Waals surface area contributed by atoms with Crippen molar-refractivity contribution in [3.8, 4) is 0 Å². The number of carbonyl (C=O) groups is 3. The molecule has 0 bridgehead atoms. The van der Waals surface area contributed by atoms with E-state index in [1.807, 2.05) is 0 Å². The molecular formula is C14H21N3O3S. The van der Waals surface area contributed by atoms with E-state index in [9.17, 15) is 14.4 Å². The molecule has 1 aliphatic carbocycles. The Labute approximate surface area is 128 Å². The van der Waals surface area contributed by atoms with Crippen molar-refractivity contribution in [1.29, 1.82) is 0 Å². The minimum absolute atomic E-state index is 0.0855. The average Bonchev–Trinajstić information content (AvgIpc) is 3.07. The van der Waals surface area contributed by atoms with Crippen LogP contribution in [0.2, 0.25) is 0 Å². The summed E-state index contributed by atoms with van der Waals surface area (Å²) in [4.78, 5) is 39.7. The van der Waals surface area contributed by atoms with E-state index in [2.05, 4.69) is 0 Å². The topological polar surface area (TPSA) is 83.7 Å². The van der Waals surface area contributed by atoms with Gasteiger partial charge in [0, 0.05) is 18.2 Å². The second kappa shape index (κ2) is 5.87. The maximum atomic E-state index is 12.6. The van der Waals surface area contributed by atoms with Gasteiger partial charge in [-0.2, -0.15) is 0 Å². The Balaban J connectivity index is 1.67. The van der Waals surface area contributed by atoms with E-state index in [0.717, 1.165) is 25.7 Å². The molecule has 0 aromatic rings. The fourth-order valence-electron chi connectivity index (χ4n) is 3.41. The third kappa shape index (κ3) is 2.63. The zero-order valence-corrected chi connectivity index (χ0v) is 12.8. The van der Waals surface area contributed by atoms with Gasteiger partial charge in [-0.1, -0.05) is 12.8 Å². The summed E-state index contributed by atoms with van der Waals surface area (Å²) in [6.45, 7) is 0.569. The number of rotatable bonds is 3. The molecule has 2 heterocycles. The van der Waals surface area contributed by atoms with Gasteiger partial charge in [0.05, 0.1) is 5.88 Å². The van der Waals surface area contributed by atoms with Crippen LogP contribution in [0, 0.1) is 5.92 Å². The lowest BCUT2D eigenvalue weighted by molar-refractivity contribution is -0.153. The molecule has 0 radical (unpaired) electrons. The van der Waals surface area contributed by atoms with Crippen LogP contribution in [-0.4, -0.2) is 57.8 Å². The van der Waals surface area contributed by atoms with Crippen LogP contribution in [0.15, 0.2) is 0 Å². The summed E-state index contributed by atoms with van der Waals surface area (Å²) < 4.78 is 0. The highest BCUT2D eigenvalue weighted by molar-refractivity contribution is 7.99. The Morgan fingerprint density at radius 1 is 0.952 bits per heavy atom. The van der Waals surface area contributed by atoms with Crippen molar-refractivity contribution in [2.45, 2.75) is 44.2 Å². The summed E-state index contributed by atoms with van der Waals surface area (Å²) in [6.07, 6.45) is 4.72. The minimum Gasteiger partial charge on any atom is -0.368 e. The molecule has 3 rings (SSSR count). The van der Waals surface area contributed by atoms with E-state index in [1.165, 1.54) is 4.90 Å². The number of primary amides is 1. The first kappa shape index (κ1) is 14.7. The van der Waals surface area contributed by atoms with Crippen LogP contribution < -0.4 is 5.73 Å². The predicted octanol–water partition coefficient (Wildman–Crippen LogP) is 0.164. The summed E-state index contributed by atoms with van der Waals surface area (Å²) in [5.74, 6) is 0.852. The van der Waals surface area contributed by atoms with Crippen LogP contribution in [0.3, 0.4) is 0 Å². The molecule has 2 N–H and O–H groups in total. The normalized spacial score (nSPS) is 29.5. The minimum atomic E-state index is -0.480. The summed E-state index contributed by atoms with van der Waals surface area (Å²) in [7, 11) is 0. The van der Waals surface area contributed by atoms with Crippen molar-refractivity contribution >= 4 is 29.5 Å². The summed E-state index contributed by atoms with van der Waals surface area (Å²) in [5.41, 5.74) is 5.30. The molecule has 7 heteroatoms. The number of nitrogens with two attached hydrogens (primary N) is 1. The zero-order valence-electron chi connectivity index (χ0n) is 12.0. The van der Waals surface area contributed by atoms with Gasteiger partial charge in [-0.05, 0) is 19.3 Å². The summed E-state index contributed by atoms with van der Waals surface area (Å²) >= 11 is 1.61. The van der Waals surface area contributed by atoms with Gasteiger partial charge in [0.15, 0.2) is 0 Å². The van der Waals surface area contributed by atoms with Crippen LogP contribution in [0.4, 0.5) is 0 Å². The first-order valence-electron chi connectivity index (χ1n) is 7.57.